The fourth-order valence-electron chi connectivity index (χ4n) is 2.69. The summed E-state index contributed by atoms with van der Waals surface area (Å²) in [5.41, 5.74) is 0.558. The Bertz CT molecular complexity index is 951. The van der Waals surface area contributed by atoms with Crippen molar-refractivity contribution in [2.24, 2.45) is 0 Å². The molecule has 0 aliphatic rings. The Morgan fingerprint density at radius 2 is 1.76 bits per heavy atom. The number of hydrogen-bond acceptors (Lipinski definition) is 4. The SMILES string of the molecule is COCC(C)NC(=O)c1nn(-c2ccccc2)c(=O)c2ccccc12. The molecule has 0 aliphatic carbocycles. The first-order chi connectivity index (χ1) is 12.1. The van der Waals surface area contributed by atoms with E-state index in [9.17, 15) is 9.59 Å². The molecule has 3 aromatic rings. The summed E-state index contributed by atoms with van der Waals surface area (Å²) < 4.78 is 6.31. The highest BCUT2D eigenvalue weighted by molar-refractivity contribution is 6.04. The van der Waals surface area contributed by atoms with Gasteiger partial charge in [0.1, 0.15) is 0 Å². The first-order valence-corrected chi connectivity index (χ1v) is 7.99. The van der Waals surface area contributed by atoms with E-state index in [0.29, 0.717) is 23.1 Å². The van der Waals surface area contributed by atoms with Crippen molar-refractivity contribution in [2.45, 2.75) is 13.0 Å². The lowest BCUT2D eigenvalue weighted by Gasteiger charge is -2.14. The zero-order valence-corrected chi connectivity index (χ0v) is 14.1. The second kappa shape index (κ2) is 7.27. The molecule has 6 heteroatoms. The number of benzene rings is 2. The van der Waals surface area contributed by atoms with Gasteiger partial charge in [0.2, 0.25) is 0 Å². The van der Waals surface area contributed by atoms with Gasteiger partial charge in [-0.3, -0.25) is 9.59 Å². The van der Waals surface area contributed by atoms with Gasteiger partial charge in [-0.15, -0.1) is 0 Å². The minimum Gasteiger partial charge on any atom is -0.383 e. The third-order valence-corrected chi connectivity index (χ3v) is 3.81. The van der Waals surface area contributed by atoms with Gasteiger partial charge in [0.05, 0.1) is 17.7 Å². The number of ether oxygens (including phenoxy) is 1. The Balaban J connectivity index is 2.16. The first-order valence-electron chi connectivity index (χ1n) is 7.99. The van der Waals surface area contributed by atoms with E-state index in [1.165, 1.54) is 4.68 Å². The number of aromatic nitrogens is 2. The summed E-state index contributed by atoms with van der Waals surface area (Å²) in [5, 5.41) is 8.16. The summed E-state index contributed by atoms with van der Waals surface area (Å²) in [4.78, 5) is 25.5. The molecule has 0 fully saturated rings. The van der Waals surface area contributed by atoms with Gasteiger partial charge < -0.3 is 10.1 Å². The minimum absolute atomic E-state index is 0.171. The Morgan fingerprint density at radius 1 is 1.12 bits per heavy atom. The molecule has 6 nitrogen and oxygen atoms in total. The van der Waals surface area contributed by atoms with Crippen LogP contribution in [-0.2, 0) is 4.74 Å². The second-order valence-corrected chi connectivity index (χ2v) is 5.78. The topological polar surface area (TPSA) is 73.2 Å². The van der Waals surface area contributed by atoms with Crippen molar-refractivity contribution >= 4 is 16.7 Å². The van der Waals surface area contributed by atoms with Crippen LogP contribution >= 0.6 is 0 Å². The number of fused-ring (bicyclic) bond motifs is 1. The molecule has 1 aromatic heterocycles. The molecule has 0 saturated carbocycles. The van der Waals surface area contributed by atoms with E-state index < -0.39 is 0 Å². The van der Waals surface area contributed by atoms with Gasteiger partial charge in [0.15, 0.2) is 5.69 Å². The Labute approximate surface area is 145 Å². The van der Waals surface area contributed by atoms with Crippen LogP contribution in [0.3, 0.4) is 0 Å². The number of nitrogens with zero attached hydrogens (tertiary/aromatic N) is 2. The Morgan fingerprint density at radius 3 is 2.44 bits per heavy atom. The fraction of sp³-hybridized carbons (Fsp3) is 0.211. The molecule has 128 valence electrons. The molecule has 1 unspecified atom stereocenters. The molecule has 25 heavy (non-hydrogen) atoms. The van der Waals surface area contributed by atoms with Crippen molar-refractivity contribution in [3.05, 3.63) is 70.6 Å². The fourth-order valence-corrected chi connectivity index (χ4v) is 2.69. The molecule has 1 atom stereocenters. The van der Waals surface area contributed by atoms with Crippen molar-refractivity contribution in [2.75, 3.05) is 13.7 Å². The maximum atomic E-state index is 12.8. The minimum atomic E-state index is -0.342. The lowest BCUT2D eigenvalue weighted by atomic mass is 10.1. The molecule has 0 saturated heterocycles. The van der Waals surface area contributed by atoms with Crippen molar-refractivity contribution in [3.8, 4) is 5.69 Å². The third-order valence-electron chi connectivity index (χ3n) is 3.81. The van der Waals surface area contributed by atoms with E-state index in [2.05, 4.69) is 10.4 Å². The number of para-hydroxylation sites is 1. The normalized spacial score (nSPS) is 12.1. The highest BCUT2D eigenvalue weighted by Gasteiger charge is 2.18. The molecule has 0 radical (unpaired) electrons. The standard InChI is InChI=1S/C19H19N3O3/c1-13(12-25-2)20-18(23)17-15-10-6-7-11-16(15)19(24)22(21-17)14-8-4-3-5-9-14/h3-11,13H,12H2,1-2H3,(H,20,23). The van der Waals surface area contributed by atoms with Gasteiger partial charge >= 0.3 is 0 Å². The maximum absolute atomic E-state index is 12.8. The van der Waals surface area contributed by atoms with Gasteiger partial charge in [-0.1, -0.05) is 36.4 Å². The van der Waals surface area contributed by atoms with Gasteiger partial charge in [-0.05, 0) is 25.1 Å². The van der Waals surface area contributed by atoms with Gasteiger partial charge in [0.25, 0.3) is 11.5 Å². The van der Waals surface area contributed by atoms with E-state index in [0.717, 1.165) is 0 Å². The van der Waals surface area contributed by atoms with Crippen molar-refractivity contribution in [1.29, 1.82) is 0 Å². The number of rotatable bonds is 5. The van der Waals surface area contributed by atoms with E-state index >= 15 is 0 Å². The van der Waals surface area contributed by atoms with E-state index in [-0.39, 0.29) is 23.2 Å². The molecule has 1 amide bonds. The number of carbonyl (C=O) groups is 1. The smallest absolute Gasteiger partial charge is 0.279 e. The molecular formula is C19H19N3O3. The lowest BCUT2D eigenvalue weighted by Crippen LogP contribution is -2.37. The van der Waals surface area contributed by atoms with E-state index in [1.807, 2.05) is 25.1 Å². The molecular weight excluding hydrogens is 318 g/mol. The Kier molecular flexibility index (Phi) is 4.90. The number of methoxy groups -OCH3 is 1. The second-order valence-electron chi connectivity index (χ2n) is 5.78. The van der Waals surface area contributed by atoms with Gasteiger partial charge in [-0.25, -0.2) is 0 Å². The summed E-state index contributed by atoms with van der Waals surface area (Å²) in [6.07, 6.45) is 0. The first kappa shape index (κ1) is 16.9. The molecule has 1 N–H and O–H groups in total. The quantitative estimate of drug-likeness (QED) is 0.774. The molecule has 1 heterocycles. The highest BCUT2D eigenvalue weighted by Crippen LogP contribution is 2.15. The summed E-state index contributed by atoms with van der Waals surface area (Å²) in [6, 6.07) is 15.9. The van der Waals surface area contributed by atoms with Crippen LogP contribution in [0.5, 0.6) is 0 Å². The average Bonchev–Trinajstić information content (AvgIpc) is 2.63. The van der Waals surface area contributed by atoms with Crippen molar-refractivity contribution < 1.29 is 9.53 Å². The summed E-state index contributed by atoms with van der Waals surface area (Å²) in [6.45, 7) is 2.23. The summed E-state index contributed by atoms with van der Waals surface area (Å²) in [7, 11) is 1.58. The van der Waals surface area contributed by atoms with Crippen molar-refractivity contribution in [3.63, 3.8) is 0 Å². The predicted octanol–water partition coefficient (Wildman–Crippen LogP) is 2.15. The lowest BCUT2D eigenvalue weighted by molar-refractivity contribution is 0.0901. The van der Waals surface area contributed by atoms with Crippen LogP contribution < -0.4 is 10.9 Å². The van der Waals surface area contributed by atoms with Crippen LogP contribution in [0.25, 0.3) is 16.5 Å². The predicted molar refractivity (Wildman–Crippen MR) is 96.1 cm³/mol. The van der Waals surface area contributed by atoms with Crippen LogP contribution in [0.1, 0.15) is 17.4 Å². The molecule has 2 aromatic carbocycles. The Hall–Kier alpha value is -2.99. The third kappa shape index (κ3) is 3.44. The number of carbonyl (C=O) groups excluding carboxylic acids is 1. The number of hydrogen-bond donors (Lipinski definition) is 1. The van der Waals surface area contributed by atoms with Gasteiger partial charge in [0, 0.05) is 18.5 Å². The maximum Gasteiger partial charge on any atom is 0.279 e. The van der Waals surface area contributed by atoms with Crippen LogP contribution in [0, 0.1) is 0 Å². The molecule has 0 bridgehead atoms. The van der Waals surface area contributed by atoms with E-state index in [4.69, 9.17) is 4.74 Å². The monoisotopic (exact) mass is 337 g/mol. The molecule has 0 spiro atoms. The van der Waals surface area contributed by atoms with Crippen molar-refractivity contribution in [1.82, 2.24) is 15.1 Å². The number of nitrogens with one attached hydrogen (secondary N) is 1. The highest BCUT2D eigenvalue weighted by atomic mass is 16.5. The molecule has 3 rings (SSSR count). The van der Waals surface area contributed by atoms with Gasteiger partial charge in [-0.2, -0.15) is 9.78 Å². The van der Waals surface area contributed by atoms with Crippen LogP contribution in [0.15, 0.2) is 59.4 Å². The van der Waals surface area contributed by atoms with Crippen LogP contribution in [-0.4, -0.2) is 35.4 Å². The van der Waals surface area contributed by atoms with Crippen LogP contribution in [0.4, 0.5) is 0 Å². The van der Waals surface area contributed by atoms with Crippen LogP contribution in [0.2, 0.25) is 0 Å². The summed E-state index contributed by atoms with van der Waals surface area (Å²) >= 11 is 0. The zero-order valence-electron chi connectivity index (χ0n) is 14.1. The summed E-state index contributed by atoms with van der Waals surface area (Å²) in [5.74, 6) is -0.342. The number of amides is 1. The zero-order chi connectivity index (χ0) is 17.8. The molecule has 0 aliphatic heterocycles. The largest absolute Gasteiger partial charge is 0.383 e. The average molecular weight is 337 g/mol. The van der Waals surface area contributed by atoms with E-state index in [1.54, 1.807) is 43.5 Å².